The monoisotopic (exact) mass is 581 g/mol. The smallest absolute Gasteiger partial charge is 0.248 e. The van der Waals surface area contributed by atoms with Crippen molar-refractivity contribution in [2.45, 2.75) is 63.3 Å². The second-order valence-corrected chi connectivity index (χ2v) is 12.6. The number of hydrogen-bond donors (Lipinski definition) is 2. The maximum Gasteiger partial charge on any atom is 0.248 e. The van der Waals surface area contributed by atoms with E-state index in [2.05, 4.69) is 47.4 Å². The fourth-order valence-electron chi connectivity index (χ4n) is 7.30. The Labute approximate surface area is 249 Å². The zero-order valence-electron chi connectivity index (χ0n) is 24.3. The predicted molar refractivity (Wildman–Crippen MR) is 162 cm³/mol. The van der Waals surface area contributed by atoms with Gasteiger partial charge in [0.25, 0.3) is 0 Å². The third-order valence-corrected chi connectivity index (χ3v) is 9.69. The third kappa shape index (κ3) is 4.87. The van der Waals surface area contributed by atoms with Gasteiger partial charge >= 0.3 is 0 Å². The first-order chi connectivity index (χ1) is 21.0. The van der Waals surface area contributed by atoms with E-state index in [1.807, 2.05) is 17.0 Å². The van der Waals surface area contributed by atoms with Gasteiger partial charge in [-0.15, -0.1) is 15.3 Å². The average Bonchev–Trinajstić information content (AvgIpc) is 3.78. The number of piperazine rings is 1. The average molecular weight is 582 g/mol. The molecule has 1 atom stereocenters. The number of rotatable bonds is 7. The van der Waals surface area contributed by atoms with Crippen LogP contribution < -0.4 is 16.0 Å². The summed E-state index contributed by atoms with van der Waals surface area (Å²) < 4.78 is 16.9. The second-order valence-electron chi connectivity index (χ2n) is 12.6. The zero-order valence-corrected chi connectivity index (χ0v) is 24.3. The number of nitrogens with one attached hydrogen (secondary N) is 1. The third-order valence-electron chi connectivity index (χ3n) is 9.69. The molecule has 0 amide bonds. The Morgan fingerprint density at radius 3 is 2.47 bits per heavy atom. The fraction of sp³-hybridized carbons (Fsp3) is 0.484. The van der Waals surface area contributed by atoms with E-state index in [-0.39, 0.29) is 17.7 Å². The molecular weight excluding hydrogens is 545 g/mol. The first-order valence-corrected chi connectivity index (χ1v) is 15.5. The zero-order chi connectivity index (χ0) is 29.1. The van der Waals surface area contributed by atoms with E-state index in [4.69, 9.17) is 5.73 Å². The molecule has 5 aliphatic rings. The minimum Gasteiger partial charge on any atom is -0.368 e. The van der Waals surface area contributed by atoms with E-state index in [9.17, 15) is 0 Å². The summed E-state index contributed by atoms with van der Waals surface area (Å²) in [6.07, 6.45) is 12.4. The van der Waals surface area contributed by atoms with Crippen molar-refractivity contribution < 1.29 is 4.39 Å². The van der Waals surface area contributed by atoms with E-state index in [0.717, 1.165) is 74.6 Å². The lowest BCUT2D eigenvalue weighted by atomic mass is 9.66. The molecule has 0 unspecified atom stereocenters. The summed E-state index contributed by atoms with van der Waals surface area (Å²) in [5.74, 6) is 2.72. The highest BCUT2D eigenvalue weighted by molar-refractivity contribution is 5.68. The number of nitrogens with zero attached hydrogens (tertiary/aromatic N) is 9. The predicted octanol–water partition coefficient (Wildman–Crippen LogP) is 4.65. The van der Waals surface area contributed by atoms with Gasteiger partial charge < -0.3 is 16.0 Å². The lowest BCUT2D eigenvalue weighted by Gasteiger charge is -2.40. The maximum atomic E-state index is 15.3. The van der Waals surface area contributed by atoms with Crippen molar-refractivity contribution in [1.29, 1.82) is 0 Å². The van der Waals surface area contributed by atoms with E-state index in [1.54, 1.807) is 23.3 Å². The summed E-state index contributed by atoms with van der Waals surface area (Å²) in [5, 5.41) is 17.1. The number of hydrogen-bond acceptors (Lipinski definition) is 10. The molecule has 0 radical (unpaired) electrons. The molecule has 9 rings (SSSR count). The van der Waals surface area contributed by atoms with Crippen LogP contribution in [0.1, 0.15) is 68.4 Å². The Morgan fingerprint density at radius 1 is 0.977 bits per heavy atom. The van der Waals surface area contributed by atoms with Crippen molar-refractivity contribution in [3.8, 4) is 17.1 Å². The summed E-state index contributed by atoms with van der Waals surface area (Å²) in [7, 11) is 0. The lowest BCUT2D eigenvalue weighted by molar-refractivity contribution is 0.181. The molecule has 43 heavy (non-hydrogen) atoms. The van der Waals surface area contributed by atoms with Crippen molar-refractivity contribution in [2.75, 3.05) is 42.1 Å². The molecule has 2 bridgehead atoms. The lowest BCUT2D eigenvalue weighted by Crippen LogP contribution is -2.52. The molecule has 1 saturated heterocycles. The van der Waals surface area contributed by atoms with Crippen LogP contribution in [0.5, 0.6) is 0 Å². The van der Waals surface area contributed by atoms with Crippen LogP contribution in [0, 0.1) is 11.7 Å². The quantitative estimate of drug-likeness (QED) is 0.318. The minimum atomic E-state index is -0.372. The molecule has 12 heteroatoms. The van der Waals surface area contributed by atoms with Crippen molar-refractivity contribution in [1.82, 2.24) is 39.8 Å². The number of anilines is 4. The Bertz CT molecular complexity index is 1650. The van der Waals surface area contributed by atoms with Crippen molar-refractivity contribution in [3.05, 3.63) is 53.7 Å². The molecule has 1 aliphatic heterocycles. The molecule has 3 N–H and O–H groups in total. The van der Waals surface area contributed by atoms with Crippen LogP contribution in [0.25, 0.3) is 17.1 Å². The minimum absolute atomic E-state index is 0.195. The van der Waals surface area contributed by atoms with Crippen LogP contribution in [-0.2, 0) is 0 Å². The molecule has 3 fully saturated rings. The number of fused-ring (bicyclic) bond motifs is 2. The Kier molecular flexibility index (Phi) is 6.46. The Hall–Kier alpha value is -4.19. The topological polar surface area (TPSA) is 127 Å². The molecular formula is C31H36FN11. The van der Waals surface area contributed by atoms with Gasteiger partial charge in [0.15, 0.2) is 17.5 Å². The molecule has 4 aliphatic carbocycles. The molecule has 0 aromatic carbocycles. The van der Waals surface area contributed by atoms with Gasteiger partial charge in [0.1, 0.15) is 0 Å². The number of nitrogen functional groups attached to an aromatic ring is 1. The van der Waals surface area contributed by atoms with Gasteiger partial charge in [-0.05, 0) is 80.9 Å². The van der Waals surface area contributed by atoms with E-state index < -0.39 is 0 Å². The summed E-state index contributed by atoms with van der Waals surface area (Å²) in [4.78, 5) is 17.7. The first kappa shape index (κ1) is 26.4. The SMILES string of the molecule is C[C@H]1CN(c2ncc(Nc3nc(N)n(-c4nnc(-c5ccncc5)c5c4C4CCC5CC4)n3)cc2F)CCN1CC1CC1. The number of pyridine rings is 2. The van der Waals surface area contributed by atoms with E-state index in [0.29, 0.717) is 35.2 Å². The van der Waals surface area contributed by atoms with E-state index >= 15 is 4.39 Å². The normalized spacial score (nSPS) is 23.4. The molecule has 5 heterocycles. The highest BCUT2D eigenvalue weighted by atomic mass is 19.1. The van der Waals surface area contributed by atoms with Crippen LogP contribution in [0.3, 0.4) is 0 Å². The van der Waals surface area contributed by atoms with Crippen molar-refractivity contribution in [2.24, 2.45) is 5.92 Å². The van der Waals surface area contributed by atoms with Gasteiger partial charge in [0, 0.05) is 61.8 Å². The van der Waals surface area contributed by atoms with Crippen molar-refractivity contribution in [3.63, 3.8) is 0 Å². The fourth-order valence-corrected chi connectivity index (χ4v) is 7.30. The van der Waals surface area contributed by atoms with Crippen molar-refractivity contribution >= 4 is 23.4 Å². The van der Waals surface area contributed by atoms with Gasteiger partial charge in [-0.1, -0.05) is 0 Å². The summed E-state index contributed by atoms with van der Waals surface area (Å²) in [5.41, 5.74) is 11.2. The van der Waals surface area contributed by atoms with Crippen LogP contribution in [0.4, 0.5) is 27.8 Å². The standard InChI is InChI=1S/C31H36FN11/c1-18-16-42(13-12-41(18)17-19-2-3-19)28-24(32)14-23(15-35-28)36-31-37-30(33)43(40-31)29-26-21-6-4-20(5-7-21)25(26)27(38-39-29)22-8-10-34-11-9-22/h8-11,14-15,18-21H,2-7,12-13,16-17H2,1H3,(H3,33,36,37,40)/t18-,20?,21?/m0/s1. The highest BCUT2D eigenvalue weighted by Crippen LogP contribution is 2.53. The summed E-state index contributed by atoms with van der Waals surface area (Å²) in [6, 6.07) is 5.77. The summed E-state index contributed by atoms with van der Waals surface area (Å²) >= 11 is 0. The first-order valence-electron chi connectivity index (χ1n) is 15.5. The molecule has 2 saturated carbocycles. The van der Waals surface area contributed by atoms with Crippen LogP contribution in [0.2, 0.25) is 0 Å². The molecule has 0 spiro atoms. The molecule has 11 nitrogen and oxygen atoms in total. The molecule has 222 valence electrons. The number of nitrogens with two attached hydrogens (primary N) is 1. The van der Waals surface area contributed by atoms with Crippen LogP contribution >= 0.6 is 0 Å². The van der Waals surface area contributed by atoms with Crippen LogP contribution in [0.15, 0.2) is 36.8 Å². The number of aromatic nitrogens is 7. The maximum absolute atomic E-state index is 15.3. The van der Waals surface area contributed by atoms with Gasteiger partial charge in [-0.3, -0.25) is 9.88 Å². The van der Waals surface area contributed by atoms with Gasteiger partial charge in [-0.2, -0.15) is 9.67 Å². The summed E-state index contributed by atoms with van der Waals surface area (Å²) in [6.45, 7) is 5.83. The molecule has 4 aromatic rings. The van der Waals surface area contributed by atoms with E-state index in [1.165, 1.54) is 24.5 Å². The Morgan fingerprint density at radius 2 is 1.74 bits per heavy atom. The van der Waals surface area contributed by atoms with Gasteiger partial charge in [0.05, 0.1) is 17.6 Å². The highest BCUT2D eigenvalue weighted by Gasteiger charge is 2.39. The van der Waals surface area contributed by atoms with Gasteiger partial charge in [0.2, 0.25) is 11.9 Å². The molecule has 4 aromatic heterocycles. The van der Waals surface area contributed by atoms with Gasteiger partial charge in [-0.25, -0.2) is 9.37 Å². The Balaban J connectivity index is 1.05. The largest absolute Gasteiger partial charge is 0.368 e. The second kappa shape index (κ2) is 10.5. The van der Waals surface area contributed by atoms with Crippen LogP contribution in [-0.4, -0.2) is 72.1 Å². The number of halogens is 1.